The van der Waals surface area contributed by atoms with E-state index >= 15 is 0 Å². The Morgan fingerprint density at radius 2 is 1.85 bits per heavy atom. The number of carbonyl (C=O) groups excluding carboxylic acids is 1. The van der Waals surface area contributed by atoms with E-state index in [4.69, 9.17) is 4.74 Å². The molecular formula is C21H22BrN3O2. The highest BCUT2D eigenvalue weighted by Crippen LogP contribution is 2.25. The molecule has 0 saturated carbocycles. The molecule has 1 amide bonds. The highest BCUT2D eigenvalue weighted by Gasteiger charge is 2.13. The minimum atomic E-state index is -0.177. The van der Waals surface area contributed by atoms with Gasteiger partial charge in [-0.25, -0.2) is 4.68 Å². The number of halogens is 1. The van der Waals surface area contributed by atoms with E-state index in [-0.39, 0.29) is 5.91 Å². The lowest BCUT2D eigenvalue weighted by molar-refractivity contribution is 0.102. The molecule has 0 spiro atoms. The topological polar surface area (TPSA) is 56.1 Å². The van der Waals surface area contributed by atoms with Gasteiger partial charge in [-0.3, -0.25) is 4.79 Å². The Morgan fingerprint density at radius 3 is 2.48 bits per heavy atom. The van der Waals surface area contributed by atoms with E-state index < -0.39 is 0 Å². The van der Waals surface area contributed by atoms with Gasteiger partial charge in [-0.1, -0.05) is 19.1 Å². The van der Waals surface area contributed by atoms with Gasteiger partial charge in [-0.05, 0) is 72.6 Å². The first-order valence-corrected chi connectivity index (χ1v) is 9.66. The minimum absolute atomic E-state index is 0.177. The van der Waals surface area contributed by atoms with E-state index in [1.54, 1.807) is 12.1 Å². The van der Waals surface area contributed by atoms with Crippen molar-refractivity contribution in [2.45, 2.75) is 27.2 Å². The highest BCUT2D eigenvalue weighted by atomic mass is 79.9. The molecule has 1 aromatic heterocycles. The number of hydrogen-bond donors (Lipinski definition) is 1. The van der Waals surface area contributed by atoms with Crippen molar-refractivity contribution in [1.82, 2.24) is 9.78 Å². The SMILES string of the molecule is CCCOc1ccccc1NC(=O)c1ccc(-n2nc(C)c(Br)c2C)cc1. The lowest BCUT2D eigenvalue weighted by atomic mass is 10.2. The Morgan fingerprint density at radius 1 is 1.15 bits per heavy atom. The summed E-state index contributed by atoms with van der Waals surface area (Å²) < 4.78 is 8.55. The van der Waals surface area contributed by atoms with E-state index in [9.17, 15) is 4.79 Å². The summed E-state index contributed by atoms with van der Waals surface area (Å²) in [7, 11) is 0. The highest BCUT2D eigenvalue weighted by molar-refractivity contribution is 9.10. The average Bonchev–Trinajstić information content (AvgIpc) is 2.95. The number of nitrogens with zero attached hydrogens (tertiary/aromatic N) is 2. The van der Waals surface area contributed by atoms with Crippen molar-refractivity contribution in [2.75, 3.05) is 11.9 Å². The number of nitrogens with one attached hydrogen (secondary N) is 1. The first-order chi connectivity index (χ1) is 13.0. The largest absolute Gasteiger partial charge is 0.491 e. The van der Waals surface area contributed by atoms with Gasteiger partial charge in [0.05, 0.1) is 33.8 Å². The number of hydrogen-bond acceptors (Lipinski definition) is 3. The first kappa shape index (κ1) is 19.2. The molecule has 1 heterocycles. The van der Waals surface area contributed by atoms with Crippen molar-refractivity contribution >= 4 is 27.5 Å². The van der Waals surface area contributed by atoms with Gasteiger partial charge < -0.3 is 10.1 Å². The molecule has 0 aliphatic carbocycles. The van der Waals surface area contributed by atoms with Gasteiger partial charge in [0.25, 0.3) is 5.91 Å². The Bertz CT molecular complexity index is 949. The number of carbonyl (C=O) groups is 1. The van der Waals surface area contributed by atoms with Crippen molar-refractivity contribution in [3.8, 4) is 11.4 Å². The number of aryl methyl sites for hydroxylation is 1. The molecule has 0 bridgehead atoms. The monoisotopic (exact) mass is 427 g/mol. The molecule has 5 nitrogen and oxygen atoms in total. The van der Waals surface area contributed by atoms with E-state index in [2.05, 4.69) is 26.3 Å². The second-order valence-corrected chi connectivity index (χ2v) is 7.04. The number of amides is 1. The zero-order valence-electron chi connectivity index (χ0n) is 15.6. The Labute approximate surface area is 167 Å². The summed E-state index contributed by atoms with van der Waals surface area (Å²) in [6.07, 6.45) is 0.909. The molecule has 0 fully saturated rings. The molecule has 3 aromatic rings. The van der Waals surface area contributed by atoms with Crippen molar-refractivity contribution in [3.05, 3.63) is 70.0 Å². The van der Waals surface area contributed by atoms with Crippen LogP contribution in [-0.4, -0.2) is 22.3 Å². The fourth-order valence-electron chi connectivity index (χ4n) is 2.73. The smallest absolute Gasteiger partial charge is 0.255 e. The molecule has 0 radical (unpaired) electrons. The van der Waals surface area contributed by atoms with Gasteiger partial charge in [0, 0.05) is 5.56 Å². The third kappa shape index (κ3) is 4.22. The molecule has 0 unspecified atom stereocenters. The Hall–Kier alpha value is -2.60. The summed E-state index contributed by atoms with van der Waals surface area (Å²) in [4.78, 5) is 12.6. The fourth-order valence-corrected chi connectivity index (χ4v) is 2.98. The molecule has 1 N–H and O–H groups in total. The van der Waals surface area contributed by atoms with Crippen molar-refractivity contribution in [3.63, 3.8) is 0 Å². The van der Waals surface area contributed by atoms with Crippen molar-refractivity contribution in [1.29, 1.82) is 0 Å². The van der Waals surface area contributed by atoms with E-state index in [1.165, 1.54) is 0 Å². The van der Waals surface area contributed by atoms with Crippen LogP contribution in [0.2, 0.25) is 0 Å². The van der Waals surface area contributed by atoms with Crippen LogP contribution in [0, 0.1) is 13.8 Å². The molecule has 27 heavy (non-hydrogen) atoms. The normalized spacial score (nSPS) is 10.7. The average molecular weight is 428 g/mol. The van der Waals surface area contributed by atoms with Crippen LogP contribution >= 0.6 is 15.9 Å². The van der Waals surface area contributed by atoms with Gasteiger partial charge in [0.2, 0.25) is 0 Å². The lowest BCUT2D eigenvalue weighted by Crippen LogP contribution is -2.13. The Balaban J connectivity index is 1.78. The number of aromatic nitrogens is 2. The van der Waals surface area contributed by atoms with Gasteiger partial charge in [0.15, 0.2) is 0 Å². The van der Waals surface area contributed by atoms with Crippen LogP contribution in [0.5, 0.6) is 5.75 Å². The summed E-state index contributed by atoms with van der Waals surface area (Å²) in [6, 6.07) is 14.8. The summed E-state index contributed by atoms with van der Waals surface area (Å²) in [6.45, 7) is 6.61. The van der Waals surface area contributed by atoms with Crippen molar-refractivity contribution in [2.24, 2.45) is 0 Å². The van der Waals surface area contributed by atoms with Crippen LogP contribution in [0.1, 0.15) is 35.1 Å². The third-order valence-electron chi connectivity index (χ3n) is 4.17. The van der Waals surface area contributed by atoms with Gasteiger partial charge >= 0.3 is 0 Å². The predicted octanol–water partition coefficient (Wildman–Crippen LogP) is 5.29. The molecule has 0 aliphatic heterocycles. The molecule has 6 heteroatoms. The van der Waals surface area contributed by atoms with Crippen LogP contribution in [0.3, 0.4) is 0 Å². The molecule has 2 aromatic carbocycles. The third-order valence-corrected chi connectivity index (χ3v) is 5.32. The molecule has 0 atom stereocenters. The first-order valence-electron chi connectivity index (χ1n) is 8.86. The Kier molecular flexibility index (Phi) is 5.96. The van der Waals surface area contributed by atoms with Crippen LogP contribution in [0.15, 0.2) is 53.0 Å². The summed E-state index contributed by atoms with van der Waals surface area (Å²) in [5, 5.41) is 7.44. The fraction of sp³-hybridized carbons (Fsp3) is 0.238. The molecule has 140 valence electrons. The molecule has 0 saturated heterocycles. The van der Waals surface area contributed by atoms with Crippen LogP contribution in [-0.2, 0) is 0 Å². The quantitative estimate of drug-likeness (QED) is 0.580. The summed E-state index contributed by atoms with van der Waals surface area (Å²) in [5.41, 5.74) is 4.10. The van der Waals surface area contributed by atoms with E-state index in [1.807, 2.05) is 61.9 Å². The van der Waals surface area contributed by atoms with Crippen molar-refractivity contribution < 1.29 is 9.53 Å². The summed E-state index contributed by atoms with van der Waals surface area (Å²) in [5.74, 6) is 0.500. The predicted molar refractivity (Wildman–Crippen MR) is 111 cm³/mol. The minimum Gasteiger partial charge on any atom is -0.491 e. The maximum atomic E-state index is 12.6. The molecular weight excluding hydrogens is 406 g/mol. The second kappa shape index (κ2) is 8.39. The number of benzene rings is 2. The number of rotatable bonds is 6. The lowest BCUT2D eigenvalue weighted by Gasteiger charge is -2.12. The van der Waals surface area contributed by atoms with E-state index in [0.29, 0.717) is 23.6 Å². The van der Waals surface area contributed by atoms with Crippen LogP contribution < -0.4 is 10.1 Å². The van der Waals surface area contributed by atoms with Crippen LogP contribution in [0.4, 0.5) is 5.69 Å². The summed E-state index contributed by atoms with van der Waals surface area (Å²) >= 11 is 3.54. The van der Waals surface area contributed by atoms with Crippen LogP contribution in [0.25, 0.3) is 5.69 Å². The molecule has 0 aliphatic rings. The maximum absolute atomic E-state index is 12.6. The number of ether oxygens (including phenoxy) is 1. The number of para-hydroxylation sites is 2. The zero-order valence-corrected chi connectivity index (χ0v) is 17.2. The standard InChI is InChI=1S/C21H22BrN3O2/c1-4-13-27-19-8-6-5-7-18(19)23-21(26)16-9-11-17(12-10-16)25-15(3)20(22)14(2)24-25/h5-12H,4,13H2,1-3H3,(H,23,26). The van der Waals surface area contributed by atoms with Gasteiger partial charge in [-0.15, -0.1) is 0 Å². The molecule has 3 rings (SSSR count). The van der Waals surface area contributed by atoms with Gasteiger partial charge in [-0.2, -0.15) is 5.10 Å². The van der Waals surface area contributed by atoms with Gasteiger partial charge in [0.1, 0.15) is 5.75 Å². The maximum Gasteiger partial charge on any atom is 0.255 e. The number of anilines is 1. The second-order valence-electron chi connectivity index (χ2n) is 6.24. The zero-order chi connectivity index (χ0) is 19.4. The van der Waals surface area contributed by atoms with E-state index in [0.717, 1.165) is 28.0 Å².